The third-order valence-electron chi connectivity index (χ3n) is 4.48. The fraction of sp³-hybridized carbons (Fsp3) is 0.368. The molecule has 2 heterocycles. The van der Waals surface area contributed by atoms with Crippen molar-refractivity contribution >= 4 is 11.7 Å². The number of piperidine rings is 1. The van der Waals surface area contributed by atoms with E-state index in [-0.39, 0.29) is 17.6 Å². The first-order valence-electron chi connectivity index (χ1n) is 8.23. The minimum atomic E-state index is -0.231. The summed E-state index contributed by atoms with van der Waals surface area (Å²) in [5.74, 6) is 1.02. The number of nitrogens with zero attached hydrogens (tertiary/aromatic N) is 1. The minimum absolute atomic E-state index is 0.0119. The van der Waals surface area contributed by atoms with Crippen LogP contribution in [-0.4, -0.2) is 43.9 Å². The predicted octanol–water partition coefficient (Wildman–Crippen LogP) is 3.03. The molecule has 0 radical (unpaired) electrons. The number of furan rings is 1. The van der Waals surface area contributed by atoms with Crippen molar-refractivity contribution in [3.63, 3.8) is 0 Å². The predicted molar refractivity (Wildman–Crippen MR) is 91.2 cm³/mol. The Morgan fingerprint density at radius 2 is 1.96 bits per heavy atom. The van der Waals surface area contributed by atoms with E-state index < -0.39 is 0 Å². The number of Topliss-reactive ketones (excluding diaryl/α,β-unsaturated/α-hetero) is 1. The highest BCUT2D eigenvalue weighted by Crippen LogP contribution is 2.30. The molecular formula is C19H21NO5. The number of hydrogen-bond acceptors (Lipinski definition) is 5. The average Bonchev–Trinajstić information content (AvgIpc) is 3.21. The molecule has 6 nitrogen and oxygen atoms in total. The third-order valence-corrected chi connectivity index (χ3v) is 4.48. The van der Waals surface area contributed by atoms with Crippen LogP contribution >= 0.6 is 0 Å². The lowest BCUT2D eigenvalue weighted by molar-refractivity contribution is 0.0610. The zero-order valence-corrected chi connectivity index (χ0v) is 14.4. The number of carbonyl (C=O) groups is 2. The highest BCUT2D eigenvalue weighted by Gasteiger charge is 2.30. The SMILES string of the molecule is COc1ccc(C(=O)[C@@H]2CCCN(C(=O)c3ccco3)C2)cc1OC. The van der Waals surface area contributed by atoms with E-state index in [4.69, 9.17) is 13.9 Å². The Kier molecular flexibility index (Phi) is 5.07. The molecule has 0 spiro atoms. The maximum absolute atomic E-state index is 12.9. The van der Waals surface area contributed by atoms with Crippen molar-refractivity contribution in [3.8, 4) is 11.5 Å². The van der Waals surface area contributed by atoms with Crippen molar-refractivity contribution in [2.24, 2.45) is 5.92 Å². The molecule has 0 aliphatic carbocycles. The Bertz CT molecular complexity index is 753. The van der Waals surface area contributed by atoms with Gasteiger partial charge < -0.3 is 18.8 Å². The lowest BCUT2D eigenvalue weighted by atomic mass is 9.89. The Morgan fingerprint density at radius 1 is 1.16 bits per heavy atom. The van der Waals surface area contributed by atoms with Crippen LogP contribution in [0, 0.1) is 5.92 Å². The zero-order chi connectivity index (χ0) is 17.8. The number of benzene rings is 1. The monoisotopic (exact) mass is 343 g/mol. The van der Waals surface area contributed by atoms with Gasteiger partial charge in [0.25, 0.3) is 5.91 Å². The Balaban J connectivity index is 1.75. The first-order valence-corrected chi connectivity index (χ1v) is 8.23. The molecule has 0 unspecified atom stereocenters. The quantitative estimate of drug-likeness (QED) is 0.781. The number of carbonyl (C=O) groups excluding carboxylic acids is 2. The van der Waals surface area contributed by atoms with Crippen LogP contribution in [0.25, 0.3) is 0 Å². The van der Waals surface area contributed by atoms with Crippen molar-refractivity contribution in [2.75, 3.05) is 27.3 Å². The van der Waals surface area contributed by atoms with E-state index in [9.17, 15) is 9.59 Å². The van der Waals surface area contributed by atoms with E-state index in [0.717, 1.165) is 12.8 Å². The molecule has 0 bridgehead atoms. The summed E-state index contributed by atoms with van der Waals surface area (Å²) >= 11 is 0. The first kappa shape index (κ1) is 17.1. The number of ether oxygens (including phenoxy) is 2. The van der Waals surface area contributed by atoms with E-state index in [1.807, 2.05) is 0 Å². The molecule has 1 aromatic carbocycles. The summed E-state index contributed by atoms with van der Waals surface area (Å²) in [4.78, 5) is 27.0. The van der Waals surface area contributed by atoms with Crippen molar-refractivity contribution < 1.29 is 23.5 Å². The van der Waals surface area contributed by atoms with Gasteiger partial charge in [0, 0.05) is 24.6 Å². The van der Waals surface area contributed by atoms with Crippen LogP contribution in [0.4, 0.5) is 0 Å². The van der Waals surface area contributed by atoms with Crippen LogP contribution in [0.3, 0.4) is 0 Å². The third kappa shape index (κ3) is 3.52. The maximum Gasteiger partial charge on any atom is 0.289 e. The number of ketones is 1. The average molecular weight is 343 g/mol. The van der Waals surface area contributed by atoms with Crippen molar-refractivity contribution in [1.82, 2.24) is 4.90 Å². The molecular weight excluding hydrogens is 322 g/mol. The van der Waals surface area contributed by atoms with E-state index in [0.29, 0.717) is 35.9 Å². The second-order valence-electron chi connectivity index (χ2n) is 6.00. The molecule has 1 aromatic heterocycles. The van der Waals surface area contributed by atoms with Gasteiger partial charge in [-0.3, -0.25) is 9.59 Å². The highest BCUT2D eigenvalue weighted by molar-refractivity contribution is 5.99. The van der Waals surface area contributed by atoms with E-state index in [1.54, 1.807) is 42.3 Å². The van der Waals surface area contributed by atoms with E-state index >= 15 is 0 Å². The van der Waals surface area contributed by atoms with Gasteiger partial charge in [-0.25, -0.2) is 0 Å². The lowest BCUT2D eigenvalue weighted by Crippen LogP contribution is -2.42. The molecule has 0 saturated carbocycles. The molecule has 132 valence electrons. The topological polar surface area (TPSA) is 69.0 Å². The van der Waals surface area contributed by atoms with Gasteiger partial charge in [-0.2, -0.15) is 0 Å². The summed E-state index contributed by atoms with van der Waals surface area (Å²) in [5.41, 5.74) is 0.565. The number of hydrogen-bond donors (Lipinski definition) is 0. The molecule has 0 N–H and O–H groups in total. The zero-order valence-electron chi connectivity index (χ0n) is 14.4. The van der Waals surface area contributed by atoms with Crippen molar-refractivity contribution in [3.05, 3.63) is 47.9 Å². The van der Waals surface area contributed by atoms with Crippen molar-refractivity contribution in [2.45, 2.75) is 12.8 Å². The van der Waals surface area contributed by atoms with Gasteiger partial charge in [0.1, 0.15) is 0 Å². The molecule has 25 heavy (non-hydrogen) atoms. The summed E-state index contributed by atoms with van der Waals surface area (Å²) < 4.78 is 15.7. The summed E-state index contributed by atoms with van der Waals surface area (Å²) in [5, 5.41) is 0. The molecule has 1 fully saturated rings. The van der Waals surface area contributed by atoms with Gasteiger partial charge in [-0.1, -0.05) is 0 Å². The molecule has 1 aliphatic rings. The molecule has 3 rings (SSSR count). The van der Waals surface area contributed by atoms with Gasteiger partial charge in [-0.05, 0) is 43.2 Å². The standard InChI is InChI=1S/C19H21NO5/c1-23-15-8-7-13(11-17(15)24-2)18(21)14-5-3-9-20(12-14)19(22)16-6-4-10-25-16/h4,6-8,10-11,14H,3,5,9,12H2,1-2H3/t14-/m1/s1. The first-order chi connectivity index (χ1) is 12.1. The van der Waals surface area contributed by atoms with Crippen LogP contribution in [-0.2, 0) is 0 Å². The fourth-order valence-corrected chi connectivity index (χ4v) is 3.16. The smallest absolute Gasteiger partial charge is 0.289 e. The molecule has 2 aromatic rings. The van der Waals surface area contributed by atoms with E-state index in [2.05, 4.69) is 0 Å². The number of methoxy groups -OCH3 is 2. The lowest BCUT2D eigenvalue weighted by Gasteiger charge is -2.31. The maximum atomic E-state index is 12.9. The van der Waals surface area contributed by atoms with Crippen LogP contribution in [0.2, 0.25) is 0 Å². The summed E-state index contributed by atoms with van der Waals surface area (Å²) in [6.45, 7) is 1.03. The molecule has 1 aliphatic heterocycles. The van der Waals surface area contributed by atoms with Crippen LogP contribution < -0.4 is 9.47 Å². The van der Waals surface area contributed by atoms with Crippen LogP contribution in [0.15, 0.2) is 41.0 Å². The van der Waals surface area contributed by atoms with Gasteiger partial charge in [0.2, 0.25) is 0 Å². The largest absolute Gasteiger partial charge is 0.493 e. The fourth-order valence-electron chi connectivity index (χ4n) is 3.16. The molecule has 1 atom stereocenters. The Morgan fingerprint density at radius 3 is 2.64 bits per heavy atom. The van der Waals surface area contributed by atoms with Crippen molar-refractivity contribution in [1.29, 1.82) is 0 Å². The number of amides is 1. The van der Waals surface area contributed by atoms with Gasteiger partial charge in [0.05, 0.1) is 20.5 Å². The van der Waals surface area contributed by atoms with E-state index in [1.165, 1.54) is 13.4 Å². The second-order valence-corrected chi connectivity index (χ2v) is 6.00. The summed E-state index contributed by atoms with van der Waals surface area (Å²) in [7, 11) is 3.09. The summed E-state index contributed by atoms with van der Waals surface area (Å²) in [6, 6.07) is 8.47. The number of likely N-dealkylation sites (tertiary alicyclic amines) is 1. The van der Waals surface area contributed by atoms with Gasteiger partial charge >= 0.3 is 0 Å². The van der Waals surface area contributed by atoms with Crippen LogP contribution in [0.5, 0.6) is 11.5 Å². The molecule has 1 amide bonds. The van der Waals surface area contributed by atoms with Gasteiger partial charge in [-0.15, -0.1) is 0 Å². The van der Waals surface area contributed by atoms with Crippen LogP contribution in [0.1, 0.15) is 33.8 Å². The minimum Gasteiger partial charge on any atom is -0.493 e. The highest BCUT2D eigenvalue weighted by atomic mass is 16.5. The normalized spacial score (nSPS) is 17.2. The summed E-state index contributed by atoms with van der Waals surface area (Å²) in [6.07, 6.45) is 3.02. The number of rotatable bonds is 5. The van der Waals surface area contributed by atoms with Gasteiger partial charge in [0.15, 0.2) is 23.0 Å². The Labute approximate surface area is 146 Å². The molecule has 1 saturated heterocycles. The second kappa shape index (κ2) is 7.42. The Hall–Kier alpha value is -2.76. The molecule has 6 heteroatoms.